The van der Waals surface area contributed by atoms with Gasteiger partial charge in [0, 0.05) is 38.4 Å². The average molecular weight is 890 g/mol. The Balaban J connectivity index is 0.909. The second-order valence-electron chi connectivity index (χ2n) is 18.3. The number of rotatable bonds is 5. The minimum atomic E-state index is 0.573. The molecule has 0 amide bonds. The van der Waals surface area contributed by atoms with E-state index in [-0.39, 0.29) is 0 Å². The van der Waals surface area contributed by atoms with Crippen molar-refractivity contribution in [3.8, 4) is 45.5 Å². The van der Waals surface area contributed by atoms with E-state index in [2.05, 4.69) is 246 Å². The van der Waals surface area contributed by atoms with Crippen LogP contribution in [-0.2, 0) is 0 Å². The molecule has 0 atom stereocenters. The van der Waals surface area contributed by atoms with E-state index >= 15 is 0 Å². The zero-order chi connectivity index (χ0) is 45.9. The Labute approximate surface area is 401 Å². The fourth-order valence-electron chi connectivity index (χ4n) is 11.4. The van der Waals surface area contributed by atoms with Gasteiger partial charge in [-0.1, -0.05) is 188 Å². The van der Waals surface area contributed by atoms with Crippen LogP contribution < -0.4 is 0 Å². The molecule has 0 aliphatic rings. The first-order valence-electron chi connectivity index (χ1n) is 23.8. The summed E-state index contributed by atoms with van der Waals surface area (Å²) in [6, 6.07) is 85.3. The van der Waals surface area contributed by atoms with Crippen LogP contribution in [-0.4, -0.2) is 24.1 Å². The van der Waals surface area contributed by atoms with Gasteiger partial charge in [-0.3, -0.25) is 4.57 Å². The molecule has 0 aliphatic heterocycles. The van der Waals surface area contributed by atoms with Gasteiger partial charge in [-0.2, -0.15) is 9.97 Å². The number of para-hydroxylation sites is 2. The molecule has 3 heterocycles. The second kappa shape index (κ2) is 15.0. The zero-order valence-electron chi connectivity index (χ0n) is 37.8. The van der Waals surface area contributed by atoms with Crippen molar-refractivity contribution in [3.05, 3.63) is 237 Å². The smallest absolute Gasteiger partial charge is 0.238 e. The summed E-state index contributed by atoms with van der Waals surface area (Å²) in [5.41, 5.74) is 9.78. The standard InChI is InChI=1S/C65H39N5/c1-3-19-45-40(15-1)17-13-27-54(45)63-66-64(55-28-14-18-41-16-2-4-20-46(41)55)68-65(67-63)70-60-30-12-10-26-53(60)58-38-43(32-36-62(58)70)42-31-35-61-57(37-42)52-25-9-11-29-59(52)69(61)44-33-34-51-49-23-6-5-21-47(49)48-22-7-8-24-50(48)56(51)39-44/h1-39H. The summed E-state index contributed by atoms with van der Waals surface area (Å²) in [6.45, 7) is 0. The van der Waals surface area contributed by atoms with Crippen LogP contribution in [0.2, 0.25) is 0 Å². The Bertz CT molecular complexity index is 4530. The van der Waals surface area contributed by atoms with Gasteiger partial charge in [0.2, 0.25) is 5.95 Å². The largest absolute Gasteiger partial charge is 0.309 e. The van der Waals surface area contributed by atoms with E-state index in [0.29, 0.717) is 17.6 Å². The van der Waals surface area contributed by atoms with Crippen LogP contribution in [0.5, 0.6) is 0 Å². The highest BCUT2D eigenvalue weighted by Gasteiger charge is 2.21. The number of hydrogen-bond donors (Lipinski definition) is 0. The topological polar surface area (TPSA) is 48.5 Å². The first kappa shape index (κ1) is 38.6. The van der Waals surface area contributed by atoms with E-state index in [1.807, 2.05) is 0 Å². The molecule has 0 saturated carbocycles. The highest BCUT2D eigenvalue weighted by Crippen LogP contribution is 2.41. The van der Waals surface area contributed by atoms with Crippen molar-refractivity contribution in [1.29, 1.82) is 0 Å². The maximum absolute atomic E-state index is 5.36. The summed E-state index contributed by atoms with van der Waals surface area (Å²) in [7, 11) is 0. The minimum absolute atomic E-state index is 0.573. The normalized spacial score (nSPS) is 12.0. The highest BCUT2D eigenvalue weighted by molar-refractivity contribution is 6.26. The lowest BCUT2D eigenvalue weighted by molar-refractivity contribution is 0.955. The van der Waals surface area contributed by atoms with E-state index in [1.54, 1.807) is 0 Å². The molecule has 0 fully saturated rings. The molecular weight excluding hydrogens is 851 g/mol. The molecule has 0 aliphatic carbocycles. The molecule has 15 aromatic rings. The molecule has 12 aromatic carbocycles. The number of fused-ring (bicyclic) bond motifs is 14. The Kier molecular flexibility index (Phi) is 8.29. The maximum atomic E-state index is 5.36. The molecule has 15 rings (SSSR count). The van der Waals surface area contributed by atoms with E-state index < -0.39 is 0 Å². The van der Waals surface area contributed by atoms with Crippen LogP contribution in [0.25, 0.3) is 143 Å². The van der Waals surface area contributed by atoms with Crippen molar-refractivity contribution < 1.29 is 0 Å². The Morgan fingerprint density at radius 2 is 0.643 bits per heavy atom. The van der Waals surface area contributed by atoms with Gasteiger partial charge in [0.05, 0.1) is 22.1 Å². The van der Waals surface area contributed by atoms with Gasteiger partial charge in [-0.15, -0.1) is 0 Å². The van der Waals surface area contributed by atoms with E-state index in [0.717, 1.165) is 71.3 Å². The third-order valence-corrected chi connectivity index (χ3v) is 14.5. The first-order valence-corrected chi connectivity index (χ1v) is 23.8. The van der Waals surface area contributed by atoms with Crippen molar-refractivity contribution >= 4 is 97.5 Å². The van der Waals surface area contributed by atoms with Gasteiger partial charge in [0.25, 0.3) is 0 Å². The third-order valence-electron chi connectivity index (χ3n) is 14.5. The number of benzene rings is 12. The predicted molar refractivity (Wildman–Crippen MR) is 292 cm³/mol. The summed E-state index contributed by atoms with van der Waals surface area (Å²) < 4.78 is 4.65. The van der Waals surface area contributed by atoms with Crippen molar-refractivity contribution in [2.75, 3.05) is 0 Å². The molecule has 3 aromatic heterocycles. The molecular formula is C65H39N5. The van der Waals surface area contributed by atoms with Crippen LogP contribution in [0.1, 0.15) is 0 Å². The Hall–Kier alpha value is -9.45. The quantitative estimate of drug-likeness (QED) is 0.162. The molecule has 70 heavy (non-hydrogen) atoms. The molecule has 0 spiro atoms. The van der Waals surface area contributed by atoms with Crippen LogP contribution >= 0.6 is 0 Å². The summed E-state index contributed by atoms with van der Waals surface area (Å²) >= 11 is 0. The fraction of sp³-hybridized carbons (Fsp3) is 0. The molecule has 0 saturated heterocycles. The summed E-state index contributed by atoms with van der Waals surface area (Å²) in [6.07, 6.45) is 0. The van der Waals surface area contributed by atoms with Crippen molar-refractivity contribution in [2.45, 2.75) is 0 Å². The first-order chi connectivity index (χ1) is 34.7. The molecule has 324 valence electrons. The Morgan fingerprint density at radius 1 is 0.243 bits per heavy atom. The maximum Gasteiger partial charge on any atom is 0.238 e. The zero-order valence-corrected chi connectivity index (χ0v) is 37.8. The number of aromatic nitrogens is 5. The number of hydrogen-bond acceptors (Lipinski definition) is 3. The lowest BCUT2D eigenvalue weighted by Gasteiger charge is -2.14. The van der Waals surface area contributed by atoms with Crippen molar-refractivity contribution in [1.82, 2.24) is 24.1 Å². The molecule has 0 radical (unpaired) electrons. The van der Waals surface area contributed by atoms with Crippen molar-refractivity contribution in [3.63, 3.8) is 0 Å². The summed E-state index contributed by atoms with van der Waals surface area (Å²) in [5.74, 6) is 1.83. The van der Waals surface area contributed by atoms with Gasteiger partial charge >= 0.3 is 0 Å². The van der Waals surface area contributed by atoms with Gasteiger partial charge in [-0.25, -0.2) is 4.98 Å². The van der Waals surface area contributed by atoms with E-state index in [9.17, 15) is 0 Å². The summed E-state index contributed by atoms with van der Waals surface area (Å²) in [4.78, 5) is 16.0. The number of nitrogens with zero attached hydrogens (tertiary/aromatic N) is 5. The molecule has 0 unspecified atom stereocenters. The van der Waals surface area contributed by atoms with Crippen LogP contribution in [0.3, 0.4) is 0 Å². The molecule has 0 bridgehead atoms. The van der Waals surface area contributed by atoms with Crippen LogP contribution in [0.4, 0.5) is 0 Å². The molecule has 0 N–H and O–H groups in total. The fourth-order valence-corrected chi connectivity index (χ4v) is 11.4. The monoisotopic (exact) mass is 889 g/mol. The molecule has 5 nitrogen and oxygen atoms in total. The van der Waals surface area contributed by atoms with Gasteiger partial charge in [0.1, 0.15) is 0 Å². The predicted octanol–water partition coefficient (Wildman–Crippen LogP) is 16.8. The lowest BCUT2D eigenvalue weighted by Crippen LogP contribution is -2.06. The van der Waals surface area contributed by atoms with Crippen molar-refractivity contribution in [2.24, 2.45) is 0 Å². The SMILES string of the molecule is c1ccc2c(-c3nc(-c4cccc5ccccc45)nc(-n4c5ccccc5c5cc(-c6ccc7c(c6)c6ccccc6n7-c6ccc7c8ccccc8c8ccccc8c7c6)ccc54)n3)cccc2c1. The van der Waals surface area contributed by atoms with Crippen LogP contribution in [0.15, 0.2) is 237 Å². The third kappa shape index (κ3) is 5.76. The van der Waals surface area contributed by atoms with Gasteiger partial charge in [0.15, 0.2) is 11.6 Å². The van der Waals surface area contributed by atoms with E-state index in [1.165, 1.54) is 54.1 Å². The lowest BCUT2D eigenvalue weighted by atomic mass is 9.94. The van der Waals surface area contributed by atoms with Gasteiger partial charge < -0.3 is 4.57 Å². The Morgan fingerprint density at radius 3 is 1.19 bits per heavy atom. The van der Waals surface area contributed by atoms with E-state index in [4.69, 9.17) is 15.0 Å². The van der Waals surface area contributed by atoms with Gasteiger partial charge in [-0.05, 0) is 114 Å². The minimum Gasteiger partial charge on any atom is -0.309 e. The second-order valence-corrected chi connectivity index (χ2v) is 18.3. The van der Waals surface area contributed by atoms with Crippen LogP contribution in [0, 0.1) is 0 Å². The average Bonchev–Trinajstić information content (AvgIpc) is 3.95. The molecule has 5 heteroatoms. The highest BCUT2D eigenvalue weighted by atomic mass is 15.2. The summed E-state index contributed by atoms with van der Waals surface area (Å²) in [5, 5.41) is 16.8.